The third-order valence-electron chi connectivity index (χ3n) is 2.92. The number of phenols is 1. The van der Waals surface area contributed by atoms with E-state index in [4.69, 9.17) is 11.6 Å². The first-order valence-corrected chi connectivity index (χ1v) is 6.22. The van der Waals surface area contributed by atoms with Crippen molar-refractivity contribution in [2.45, 2.75) is 38.8 Å². The lowest BCUT2D eigenvalue weighted by Crippen LogP contribution is -2.48. The van der Waals surface area contributed by atoms with Crippen molar-refractivity contribution in [3.8, 4) is 5.75 Å². The fourth-order valence-electron chi connectivity index (χ4n) is 1.73. The molecule has 0 saturated heterocycles. The van der Waals surface area contributed by atoms with Crippen LogP contribution in [0.15, 0.2) is 18.2 Å². The molecule has 0 bridgehead atoms. The Kier molecular flexibility index (Phi) is 4.99. The lowest BCUT2D eigenvalue weighted by atomic mass is 9.96. The second kappa shape index (κ2) is 6.07. The van der Waals surface area contributed by atoms with Crippen LogP contribution in [0.4, 0.5) is 0 Å². The summed E-state index contributed by atoms with van der Waals surface area (Å²) in [7, 11) is 0. The van der Waals surface area contributed by atoms with Crippen molar-refractivity contribution < 1.29 is 15.0 Å². The SMILES string of the molecule is CCCC(C)(NCc1ccc(O)c(Cl)c1)C(=O)O. The quantitative estimate of drug-likeness (QED) is 0.744. The molecular weight excluding hydrogens is 254 g/mol. The number of rotatable bonds is 6. The third kappa shape index (κ3) is 3.62. The summed E-state index contributed by atoms with van der Waals surface area (Å²) in [4.78, 5) is 11.2. The standard InChI is InChI=1S/C13H18ClNO3/c1-3-6-13(2,12(17)18)15-8-9-4-5-11(16)10(14)7-9/h4-5,7,15-16H,3,6,8H2,1-2H3,(H,17,18). The van der Waals surface area contributed by atoms with Gasteiger partial charge >= 0.3 is 5.97 Å². The molecule has 0 saturated carbocycles. The Bertz CT molecular complexity index is 436. The first kappa shape index (κ1) is 14.8. The molecule has 0 aliphatic heterocycles. The molecule has 18 heavy (non-hydrogen) atoms. The van der Waals surface area contributed by atoms with Crippen LogP contribution < -0.4 is 5.32 Å². The van der Waals surface area contributed by atoms with Crippen molar-refractivity contribution in [3.63, 3.8) is 0 Å². The number of halogens is 1. The topological polar surface area (TPSA) is 69.6 Å². The van der Waals surface area contributed by atoms with Crippen LogP contribution in [0.1, 0.15) is 32.3 Å². The van der Waals surface area contributed by atoms with Gasteiger partial charge in [-0.2, -0.15) is 0 Å². The molecule has 100 valence electrons. The highest BCUT2D eigenvalue weighted by Gasteiger charge is 2.31. The van der Waals surface area contributed by atoms with Gasteiger partial charge in [0.15, 0.2) is 0 Å². The molecule has 1 aromatic carbocycles. The summed E-state index contributed by atoms with van der Waals surface area (Å²) in [6, 6.07) is 4.83. The highest BCUT2D eigenvalue weighted by molar-refractivity contribution is 6.32. The van der Waals surface area contributed by atoms with E-state index < -0.39 is 11.5 Å². The number of hydrogen-bond acceptors (Lipinski definition) is 3. The zero-order chi connectivity index (χ0) is 13.8. The smallest absolute Gasteiger partial charge is 0.323 e. The van der Waals surface area contributed by atoms with Crippen molar-refractivity contribution >= 4 is 17.6 Å². The van der Waals surface area contributed by atoms with Gasteiger partial charge in [0.1, 0.15) is 11.3 Å². The third-order valence-corrected chi connectivity index (χ3v) is 3.22. The minimum absolute atomic E-state index is 0.0231. The van der Waals surface area contributed by atoms with Crippen LogP contribution in [0.2, 0.25) is 5.02 Å². The van der Waals surface area contributed by atoms with Gasteiger partial charge in [-0.15, -0.1) is 0 Å². The number of aromatic hydroxyl groups is 1. The summed E-state index contributed by atoms with van der Waals surface area (Å²) in [5.74, 6) is -0.843. The molecule has 0 fully saturated rings. The van der Waals surface area contributed by atoms with E-state index >= 15 is 0 Å². The van der Waals surface area contributed by atoms with E-state index in [-0.39, 0.29) is 10.8 Å². The Morgan fingerprint density at radius 3 is 2.67 bits per heavy atom. The number of carbonyl (C=O) groups is 1. The largest absolute Gasteiger partial charge is 0.506 e. The molecule has 0 amide bonds. The van der Waals surface area contributed by atoms with Crippen LogP contribution in [-0.4, -0.2) is 21.7 Å². The molecule has 1 rings (SSSR count). The number of hydrogen-bond donors (Lipinski definition) is 3. The highest BCUT2D eigenvalue weighted by Crippen LogP contribution is 2.24. The van der Waals surface area contributed by atoms with Gasteiger partial charge in [0.25, 0.3) is 0 Å². The van der Waals surface area contributed by atoms with Gasteiger partial charge < -0.3 is 10.2 Å². The maximum atomic E-state index is 11.2. The summed E-state index contributed by atoms with van der Waals surface area (Å²) in [6.45, 7) is 4.00. The number of nitrogens with one attached hydrogen (secondary N) is 1. The molecule has 4 nitrogen and oxygen atoms in total. The van der Waals surface area contributed by atoms with E-state index in [0.717, 1.165) is 12.0 Å². The minimum Gasteiger partial charge on any atom is -0.506 e. The van der Waals surface area contributed by atoms with Gasteiger partial charge in [-0.25, -0.2) is 0 Å². The van der Waals surface area contributed by atoms with Crippen LogP contribution >= 0.6 is 11.6 Å². The first-order chi connectivity index (χ1) is 8.39. The predicted molar refractivity (Wildman–Crippen MR) is 70.9 cm³/mol. The molecule has 0 aromatic heterocycles. The van der Waals surface area contributed by atoms with Crippen LogP contribution in [0.5, 0.6) is 5.75 Å². The summed E-state index contributed by atoms with van der Waals surface area (Å²) in [5.41, 5.74) is -0.111. The number of carboxylic acids is 1. The zero-order valence-electron chi connectivity index (χ0n) is 10.5. The average Bonchev–Trinajstić information content (AvgIpc) is 2.31. The molecular formula is C13H18ClNO3. The lowest BCUT2D eigenvalue weighted by Gasteiger charge is -2.26. The van der Waals surface area contributed by atoms with Gasteiger partial charge in [-0.05, 0) is 31.0 Å². The van der Waals surface area contributed by atoms with Crippen molar-refractivity contribution in [3.05, 3.63) is 28.8 Å². The van der Waals surface area contributed by atoms with E-state index in [1.54, 1.807) is 19.1 Å². The maximum absolute atomic E-state index is 11.2. The lowest BCUT2D eigenvalue weighted by molar-refractivity contribution is -0.144. The molecule has 1 atom stereocenters. The fraction of sp³-hybridized carbons (Fsp3) is 0.462. The van der Waals surface area contributed by atoms with Gasteiger partial charge in [-0.3, -0.25) is 10.1 Å². The van der Waals surface area contributed by atoms with Crippen molar-refractivity contribution in [2.75, 3.05) is 0 Å². The molecule has 0 aliphatic rings. The number of benzene rings is 1. The molecule has 0 radical (unpaired) electrons. The van der Waals surface area contributed by atoms with E-state index in [1.807, 2.05) is 6.92 Å². The summed E-state index contributed by atoms with van der Waals surface area (Å²) < 4.78 is 0. The van der Waals surface area contributed by atoms with Crippen molar-refractivity contribution in [2.24, 2.45) is 0 Å². The molecule has 0 aliphatic carbocycles. The van der Waals surface area contributed by atoms with Crippen molar-refractivity contribution in [1.82, 2.24) is 5.32 Å². The molecule has 0 spiro atoms. The predicted octanol–water partition coefficient (Wildman–Crippen LogP) is 2.78. The van der Waals surface area contributed by atoms with Crippen LogP contribution in [0.25, 0.3) is 0 Å². The maximum Gasteiger partial charge on any atom is 0.323 e. The number of carboxylic acid groups (broad SMARTS) is 1. The number of aliphatic carboxylic acids is 1. The Labute approximate surface area is 112 Å². The van der Waals surface area contributed by atoms with Crippen LogP contribution in [0, 0.1) is 0 Å². The first-order valence-electron chi connectivity index (χ1n) is 5.85. The van der Waals surface area contributed by atoms with Crippen LogP contribution in [0.3, 0.4) is 0 Å². The Morgan fingerprint density at radius 2 is 2.17 bits per heavy atom. The van der Waals surface area contributed by atoms with Crippen LogP contribution in [-0.2, 0) is 11.3 Å². The van der Waals surface area contributed by atoms with E-state index in [2.05, 4.69) is 5.32 Å². The minimum atomic E-state index is -0.945. The molecule has 5 heteroatoms. The van der Waals surface area contributed by atoms with E-state index in [1.165, 1.54) is 6.07 Å². The Hall–Kier alpha value is -1.26. The molecule has 3 N–H and O–H groups in total. The van der Waals surface area contributed by atoms with E-state index in [0.29, 0.717) is 13.0 Å². The molecule has 0 heterocycles. The fourth-order valence-corrected chi connectivity index (χ4v) is 1.93. The number of phenolic OH excluding ortho intramolecular Hbond substituents is 1. The average molecular weight is 272 g/mol. The van der Waals surface area contributed by atoms with E-state index in [9.17, 15) is 15.0 Å². The van der Waals surface area contributed by atoms with Crippen molar-refractivity contribution in [1.29, 1.82) is 0 Å². The zero-order valence-corrected chi connectivity index (χ0v) is 11.3. The van der Waals surface area contributed by atoms with Gasteiger partial charge in [0, 0.05) is 6.54 Å². The molecule has 1 unspecified atom stereocenters. The summed E-state index contributed by atoms with van der Waals surface area (Å²) in [6.07, 6.45) is 1.33. The molecule has 1 aromatic rings. The van der Waals surface area contributed by atoms with Gasteiger partial charge in [-0.1, -0.05) is 31.0 Å². The second-order valence-electron chi connectivity index (χ2n) is 4.53. The van der Waals surface area contributed by atoms with Gasteiger partial charge in [0.2, 0.25) is 0 Å². The monoisotopic (exact) mass is 271 g/mol. The summed E-state index contributed by atoms with van der Waals surface area (Å²) in [5, 5.41) is 21.8. The Balaban J connectivity index is 2.73. The summed E-state index contributed by atoms with van der Waals surface area (Å²) >= 11 is 5.79. The highest BCUT2D eigenvalue weighted by atomic mass is 35.5. The second-order valence-corrected chi connectivity index (χ2v) is 4.93. The Morgan fingerprint density at radius 1 is 1.50 bits per heavy atom. The van der Waals surface area contributed by atoms with Gasteiger partial charge in [0.05, 0.1) is 5.02 Å². The normalized spacial score (nSPS) is 14.2.